The van der Waals surface area contributed by atoms with Gasteiger partial charge in [0, 0.05) is 18.1 Å². The fourth-order valence-corrected chi connectivity index (χ4v) is 4.32. The summed E-state index contributed by atoms with van der Waals surface area (Å²) >= 11 is 0. The quantitative estimate of drug-likeness (QED) is 0.571. The Morgan fingerprint density at radius 3 is 1.86 bits per heavy atom. The van der Waals surface area contributed by atoms with Crippen LogP contribution in [0.15, 0.2) is 0 Å². The number of rotatable bonds is 0. The molecule has 3 heterocycles. The van der Waals surface area contributed by atoms with Gasteiger partial charge in [0.25, 0.3) is 0 Å². The minimum atomic E-state index is 0.975. The fourth-order valence-electron chi connectivity index (χ4n) is 4.32. The lowest BCUT2D eigenvalue weighted by atomic mass is 9.75. The van der Waals surface area contributed by atoms with Crippen LogP contribution in [-0.4, -0.2) is 23.0 Å². The standard InChI is InChI=1S/C13H23N/c1-10-8-12-6-2-4-11-5-3-7-13(9-10)14(11)12/h10-13H,2-9H2,1H3/t10?,11?,12-,13-/m0/s1. The molecule has 0 spiro atoms. The van der Waals surface area contributed by atoms with Crippen LogP contribution >= 0.6 is 0 Å². The van der Waals surface area contributed by atoms with Crippen molar-refractivity contribution in [2.45, 2.75) is 76.4 Å². The maximum atomic E-state index is 2.94. The van der Waals surface area contributed by atoms with E-state index in [0.717, 1.165) is 24.0 Å². The molecule has 0 unspecified atom stereocenters. The minimum Gasteiger partial charge on any atom is -0.294 e. The van der Waals surface area contributed by atoms with Gasteiger partial charge in [0.05, 0.1) is 0 Å². The smallest absolute Gasteiger partial charge is 0.0104 e. The van der Waals surface area contributed by atoms with Gasteiger partial charge in [-0.05, 0) is 44.4 Å². The molecule has 1 nitrogen and oxygen atoms in total. The van der Waals surface area contributed by atoms with E-state index in [1.807, 2.05) is 0 Å². The zero-order valence-electron chi connectivity index (χ0n) is 9.41. The van der Waals surface area contributed by atoms with Crippen molar-refractivity contribution in [3.63, 3.8) is 0 Å². The van der Waals surface area contributed by atoms with Gasteiger partial charge >= 0.3 is 0 Å². The Morgan fingerprint density at radius 1 is 0.786 bits per heavy atom. The summed E-state index contributed by atoms with van der Waals surface area (Å²) in [6, 6.07) is 2.94. The normalized spacial score (nSPS) is 48.6. The fraction of sp³-hybridized carbons (Fsp3) is 1.00. The van der Waals surface area contributed by atoms with E-state index in [2.05, 4.69) is 11.8 Å². The van der Waals surface area contributed by atoms with Gasteiger partial charge in [0.15, 0.2) is 0 Å². The highest BCUT2D eigenvalue weighted by atomic mass is 15.2. The van der Waals surface area contributed by atoms with Crippen LogP contribution in [0, 0.1) is 5.92 Å². The summed E-state index contributed by atoms with van der Waals surface area (Å²) in [7, 11) is 0. The van der Waals surface area contributed by atoms with Crippen molar-refractivity contribution in [2.75, 3.05) is 0 Å². The average Bonchev–Trinajstić information content (AvgIpc) is 2.18. The zero-order chi connectivity index (χ0) is 9.54. The summed E-state index contributed by atoms with van der Waals surface area (Å²) in [4.78, 5) is 2.94. The SMILES string of the molecule is CC1C[C@@H]2CCCC3CCC[C@@H](C1)N32. The largest absolute Gasteiger partial charge is 0.294 e. The van der Waals surface area contributed by atoms with Crippen molar-refractivity contribution < 1.29 is 0 Å². The lowest BCUT2D eigenvalue weighted by Gasteiger charge is -2.54. The summed E-state index contributed by atoms with van der Waals surface area (Å²) in [5, 5.41) is 0. The number of piperidine rings is 3. The molecule has 0 radical (unpaired) electrons. The van der Waals surface area contributed by atoms with E-state index >= 15 is 0 Å². The third kappa shape index (κ3) is 1.41. The van der Waals surface area contributed by atoms with E-state index in [4.69, 9.17) is 0 Å². The Bertz CT molecular complexity index is 193. The van der Waals surface area contributed by atoms with Gasteiger partial charge in [0.2, 0.25) is 0 Å². The van der Waals surface area contributed by atoms with Gasteiger partial charge in [-0.2, -0.15) is 0 Å². The number of hydrogen-bond donors (Lipinski definition) is 0. The van der Waals surface area contributed by atoms with Gasteiger partial charge in [-0.25, -0.2) is 0 Å². The lowest BCUT2D eigenvalue weighted by Crippen LogP contribution is -2.57. The highest BCUT2D eigenvalue weighted by Gasteiger charge is 2.41. The Labute approximate surface area is 87.9 Å². The molecule has 80 valence electrons. The van der Waals surface area contributed by atoms with Crippen molar-refractivity contribution >= 4 is 0 Å². The van der Waals surface area contributed by atoms with Crippen LogP contribution in [0.2, 0.25) is 0 Å². The van der Waals surface area contributed by atoms with Crippen molar-refractivity contribution in [2.24, 2.45) is 5.92 Å². The van der Waals surface area contributed by atoms with Crippen LogP contribution in [0.25, 0.3) is 0 Å². The van der Waals surface area contributed by atoms with E-state index in [9.17, 15) is 0 Å². The third-order valence-corrected chi connectivity index (χ3v) is 4.76. The first kappa shape index (κ1) is 9.21. The molecule has 0 bridgehead atoms. The summed E-state index contributed by atoms with van der Waals surface area (Å²) in [5.74, 6) is 0.998. The first-order valence-electron chi connectivity index (χ1n) is 6.62. The summed E-state index contributed by atoms with van der Waals surface area (Å²) in [5.41, 5.74) is 0. The van der Waals surface area contributed by atoms with E-state index < -0.39 is 0 Å². The molecule has 3 aliphatic heterocycles. The second-order valence-corrected chi connectivity index (χ2v) is 5.85. The predicted molar refractivity (Wildman–Crippen MR) is 59.3 cm³/mol. The van der Waals surface area contributed by atoms with Crippen molar-refractivity contribution in [3.05, 3.63) is 0 Å². The minimum absolute atomic E-state index is 0.975. The molecule has 3 fully saturated rings. The molecule has 2 atom stereocenters. The topological polar surface area (TPSA) is 3.24 Å². The molecule has 0 aromatic heterocycles. The molecule has 3 saturated heterocycles. The van der Waals surface area contributed by atoms with E-state index in [-0.39, 0.29) is 0 Å². The molecule has 0 saturated carbocycles. The summed E-state index contributed by atoms with van der Waals surface area (Å²) < 4.78 is 0. The molecule has 1 heteroatoms. The third-order valence-electron chi connectivity index (χ3n) is 4.76. The average molecular weight is 193 g/mol. The van der Waals surface area contributed by atoms with E-state index in [0.29, 0.717) is 0 Å². The highest BCUT2D eigenvalue weighted by molar-refractivity contribution is 4.96. The maximum Gasteiger partial charge on any atom is 0.0104 e. The monoisotopic (exact) mass is 193 g/mol. The molecule has 14 heavy (non-hydrogen) atoms. The van der Waals surface area contributed by atoms with Crippen molar-refractivity contribution in [1.29, 1.82) is 0 Å². The highest BCUT2D eigenvalue weighted by Crippen LogP contribution is 2.41. The number of hydrogen-bond acceptors (Lipinski definition) is 1. The van der Waals surface area contributed by atoms with Crippen LogP contribution in [0.4, 0.5) is 0 Å². The summed E-state index contributed by atoms with van der Waals surface area (Å²) in [6.07, 6.45) is 12.0. The molecule has 3 aliphatic rings. The first-order chi connectivity index (χ1) is 6.84. The lowest BCUT2D eigenvalue weighted by molar-refractivity contribution is -0.0409. The maximum absolute atomic E-state index is 2.94. The molecule has 0 aliphatic carbocycles. The van der Waals surface area contributed by atoms with Gasteiger partial charge in [-0.3, -0.25) is 4.90 Å². The molecule has 3 rings (SSSR count). The van der Waals surface area contributed by atoms with Crippen LogP contribution < -0.4 is 0 Å². The molecule has 0 N–H and O–H groups in total. The number of nitrogens with zero attached hydrogens (tertiary/aromatic N) is 1. The van der Waals surface area contributed by atoms with Crippen molar-refractivity contribution in [3.8, 4) is 0 Å². The Kier molecular flexibility index (Phi) is 2.31. The molecular formula is C13H23N. The Hall–Kier alpha value is -0.0400. The van der Waals surface area contributed by atoms with Crippen LogP contribution in [0.1, 0.15) is 58.3 Å². The van der Waals surface area contributed by atoms with Crippen LogP contribution in [0.5, 0.6) is 0 Å². The Morgan fingerprint density at radius 2 is 1.29 bits per heavy atom. The molecule has 0 amide bonds. The predicted octanol–water partition coefficient (Wildman–Crippen LogP) is 3.19. The second-order valence-electron chi connectivity index (χ2n) is 5.85. The molecular weight excluding hydrogens is 170 g/mol. The first-order valence-corrected chi connectivity index (χ1v) is 6.62. The summed E-state index contributed by atoms with van der Waals surface area (Å²) in [6.45, 7) is 2.47. The van der Waals surface area contributed by atoms with Gasteiger partial charge < -0.3 is 0 Å². The Balaban J connectivity index is 1.82. The van der Waals surface area contributed by atoms with Crippen LogP contribution in [0.3, 0.4) is 0 Å². The van der Waals surface area contributed by atoms with Gasteiger partial charge in [-0.1, -0.05) is 19.8 Å². The molecule has 0 aromatic carbocycles. The van der Waals surface area contributed by atoms with Crippen molar-refractivity contribution in [1.82, 2.24) is 4.90 Å². The van der Waals surface area contributed by atoms with Crippen LogP contribution in [-0.2, 0) is 0 Å². The molecule has 0 aromatic rings. The van der Waals surface area contributed by atoms with E-state index in [1.54, 1.807) is 0 Å². The van der Waals surface area contributed by atoms with E-state index in [1.165, 1.54) is 51.4 Å². The second kappa shape index (κ2) is 3.52. The van der Waals surface area contributed by atoms with Gasteiger partial charge in [-0.15, -0.1) is 0 Å². The zero-order valence-corrected chi connectivity index (χ0v) is 9.41. The van der Waals surface area contributed by atoms with Gasteiger partial charge in [0.1, 0.15) is 0 Å².